The van der Waals surface area contributed by atoms with Crippen LogP contribution < -0.4 is 20.1 Å². The number of nitriles is 1. The van der Waals surface area contributed by atoms with E-state index < -0.39 is 17.7 Å². The third-order valence-electron chi connectivity index (χ3n) is 9.60. The molecule has 11 nitrogen and oxygen atoms in total. The van der Waals surface area contributed by atoms with Crippen molar-refractivity contribution < 1.29 is 27.8 Å². The number of fused-ring (bicyclic) bond motifs is 1. The molecule has 3 aliphatic heterocycles. The largest absolute Gasteiger partial charge is 0.489 e. The fraction of sp³-hybridized carbons (Fsp3) is 0.471. The van der Waals surface area contributed by atoms with Crippen molar-refractivity contribution in [3.05, 3.63) is 34.4 Å². The Hall–Kier alpha value is -4.19. The molecular weight excluding hydrogens is 676 g/mol. The van der Waals surface area contributed by atoms with Gasteiger partial charge in [-0.2, -0.15) is 15.2 Å². The maximum Gasteiger partial charge on any atom is 0.410 e. The molecule has 2 aromatic heterocycles. The molecule has 2 aromatic carbocycles. The van der Waals surface area contributed by atoms with Crippen LogP contribution in [0.2, 0.25) is 5.02 Å². The molecule has 0 saturated carbocycles. The Kier molecular flexibility index (Phi) is 8.79. The fourth-order valence-corrected chi connectivity index (χ4v) is 8.58. The highest BCUT2D eigenvalue weighted by atomic mass is 35.5. The average Bonchev–Trinajstić information content (AvgIpc) is 3.77. The summed E-state index contributed by atoms with van der Waals surface area (Å²) in [6.07, 6.45) is 1.62. The number of thiophene rings is 1. The first kappa shape index (κ1) is 33.3. The molecule has 2 fully saturated rings. The van der Waals surface area contributed by atoms with Crippen LogP contribution in [0.15, 0.2) is 12.1 Å². The van der Waals surface area contributed by atoms with E-state index in [1.54, 1.807) is 18.7 Å². The normalized spacial score (nSPS) is 20.1. The van der Waals surface area contributed by atoms with E-state index in [4.69, 9.17) is 36.5 Å². The number of benzene rings is 2. The second kappa shape index (κ2) is 12.9. The summed E-state index contributed by atoms with van der Waals surface area (Å²) in [7, 11) is 2.04. The van der Waals surface area contributed by atoms with Crippen LogP contribution in [0, 0.1) is 23.0 Å². The molecule has 49 heavy (non-hydrogen) atoms. The van der Waals surface area contributed by atoms with Gasteiger partial charge in [0.2, 0.25) is 0 Å². The molecule has 5 heterocycles. The summed E-state index contributed by atoms with van der Waals surface area (Å²) in [6.45, 7) is 7.85. The molecule has 258 valence electrons. The van der Waals surface area contributed by atoms with Crippen LogP contribution in [-0.2, 0) is 4.74 Å². The molecule has 0 aliphatic carbocycles. The van der Waals surface area contributed by atoms with E-state index in [0.717, 1.165) is 30.7 Å². The zero-order valence-electron chi connectivity index (χ0n) is 27.6. The Balaban J connectivity index is 1.42. The van der Waals surface area contributed by atoms with Gasteiger partial charge in [-0.15, -0.1) is 11.3 Å². The highest BCUT2D eigenvalue weighted by Crippen LogP contribution is 2.51. The Labute approximate surface area is 291 Å². The van der Waals surface area contributed by atoms with Crippen molar-refractivity contribution in [1.29, 1.82) is 5.26 Å². The standard InChI is InChI=1S/C34H36ClF2N7O4S/c1-16(2)47-34(45)43-11-9-18(15-43)44-12-13-46-29-25-28(40-33(41-32(25)44)48-17(3)22-6-5-10-42(22)4)27(37)24(26(29)35)19-7-8-21(36)30-23(19)20(14-38)31(39)49-30/h7-8,16-18,22H,5-6,9-13,15,39H2,1-4H3/t17-,18?,22-/m0/s1. The number of nitrogens with two attached hydrogens (primary N) is 1. The van der Waals surface area contributed by atoms with Crippen LogP contribution in [0.1, 0.15) is 45.6 Å². The van der Waals surface area contributed by atoms with Gasteiger partial charge in [0.25, 0.3) is 0 Å². The van der Waals surface area contributed by atoms with Crippen LogP contribution >= 0.6 is 22.9 Å². The number of halogens is 3. The Morgan fingerprint density at radius 2 is 1.98 bits per heavy atom. The number of likely N-dealkylation sites (N-methyl/N-ethyl adjacent to an activating group) is 1. The molecule has 7 rings (SSSR count). The van der Waals surface area contributed by atoms with Gasteiger partial charge in [-0.25, -0.2) is 13.6 Å². The molecule has 3 atom stereocenters. The van der Waals surface area contributed by atoms with Crippen molar-refractivity contribution in [2.75, 3.05) is 50.5 Å². The number of aromatic nitrogens is 2. The third kappa shape index (κ3) is 5.71. The Bertz CT molecular complexity index is 2020. The number of nitrogens with zero attached hydrogens (tertiary/aromatic N) is 6. The summed E-state index contributed by atoms with van der Waals surface area (Å²) in [5, 5.41) is 10.4. The number of ether oxygens (including phenoxy) is 3. The fourth-order valence-electron chi connectivity index (χ4n) is 7.30. The van der Waals surface area contributed by atoms with E-state index in [0.29, 0.717) is 31.9 Å². The number of anilines is 2. The van der Waals surface area contributed by atoms with Crippen LogP contribution in [0.4, 0.5) is 24.4 Å². The van der Waals surface area contributed by atoms with Crippen molar-refractivity contribution in [2.24, 2.45) is 0 Å². The van der Waals surface area contributed by atoms with Gasteiger partial charge < -0.3 is 29.7 Å². The van der Waals surface area contributed by atoms with Gasteiger partial charge in [0.05, 0.1) is 33.3 Å². The average molecular weight is 712 g/mol. The van der Waals surface area contributed by atoms with Crippen molar-refractivity contribution in [2.45, 2.75) is 64.3 Å². The van der Waals surface area contributed by atoms with Crippen LogP contribution in [0.3, 0.4) is 0 Å². The van der Waals surface area contributed by atoms with Crippen molar-refractivity contribution >= 4 is 60.8 Å². The summed E-state index contributed by atoms with van der Waals surface area (Å²) < 4.78 is 50.4. The summed E-state index contributed by atoms with van der Waals surface area (Å²) in [6, 6.07) is 4.54. The van der Waals surface area contributed by atoms with Gasteiger partial charge in [0.1, 0.15) is 40.9 Å². The van der Waals surface area contributed by atoms with Crippen molar-refractivity contribution in [1.82, 2.24) is 19.8 Å². The summed E-state index contributed by atoms with van der Waals surface area (Å²) in [5.41, 5.74) is 6.13. The number of hydrogen-bond donors (Lipinski definition) is 1. The van der Waals surface area contributed by atoms with Crippen LogP contribution in [-0.4, -0.2) is 90.0 Å². The molecule has 1 unspecified atom stereocenters. The number of likely N-dealkylation sites (tertiary alicyclic amines) is 2. The zero-order chi connectivity index (χ0) is 34.7. The maximum absolute atomic E-state index is 17.2. The SMILES string of the molecule is CC(C)OC(=O)N1CCC(N2CCOc3c(Cl)c(-c4ccc(F)c5sc(N)c(C#N)c45)c(F)c4nc(O[C@@H](C)[C@@H]5CCCN5C)nc2c34)C1. The first-order chi connectivity index (χ1) is 23.5. The first-order valence-corrected chi connectivity index (χ1v) is 17.5. The topological polar surface area (TPSA) is 130 Å². The summed E-state index contributed by atoms with van der Waals surface area (Å²) in [5.74, 6) is -0.858. The van der Waals surface area contributed by atoms with Crippen molar-refractivity contribution in [3.63, 3.8) is 0 Å². The smallest absolute Gasteiger partial charge is 0.410 e. The number of amides is 1. The lowest BCUT2D eigenvalue weighted by Crippen LogP contribution is -2.41. The number of nitrogen functional groups attached to an aromatic ring is 1. The minimum Gasteiger partial charge on any atom is -0.489 e. The second-order valence-corrected chi connectivity index (χ2v) is 14.4. The van der Waals surface area contributed by atoms with Gasteiger partial charge >= 0.3 is 12.1 Å². The molecule has 15 heteroatoms. The molecular formula is C34H36ClF2N7O4S. The second-order valence-electron chi connectivity index (χ2n) is 13.0. The molecule has 0 bridgehead atoms. The molecule has 0 radical (unpaired) electrons. The predicted molar refractivity (Wildman–Crippen MR) is 185 cm³/mol. The molecule has 1 amide bonds. The monoisotopic (exact) mass is 711 g/mol. The number of rotatable bonds is 6. The van der Waals surface area contributed by atoms with Gasteiger partial charge in [0, 0.05) is 36.1 Å². The summed E-state index contributed by atoms with van der Waals surface area (Å²) in [4.78, 5) is 28.2. The van der Waals surface area contributed by atoms with E-state index in [9.17, 15) is 10.1 Å². The van der Waals surface area contributed by atoms with Crippen LogP contribution in [0.25, 0.3) is 32.1 Å². The van der Waals surface area contributed by atoms with E-state index in [1.165, 1.54) is 12.1 Å². The first-order valence-electron chi connectivity index (χ1n) is 16.3. The zero-order valence-corrected chi connectivity index (χ0v) is 29.1. The lowest BCUT2D eigenvalue weighted by molar-refractivity contribution is 0.0832. The Morgan fingerprint density at radius 1 is 1.18 bits per heavy atom. The quantitative estimate of drug-likeness (QED) is 0.234. The maximum atomic E-state index is 17.2. The number of hydrogen-bond acceptors (Lipinski definition) is 11. The van der Waals surface area contributed by atoms with Gasteiger partial charge in [-0.3, -0.25) is 4.90 Å². The summed E-state index contributed by atoms with van der Waals surface area (Å²) >= 11 is 7.96. The Morgan fingerprint density at radius 3 is 2.69 bits per heavy atom. The highest BCUT2D eigenvalue weighted by Gasteiger charge is 2.38. The van der Waals surface area contributed by atoms with E-state index in [-0.39, 0.29) is 90.4 Å². The number of carbonyl (C=O) groups excluding carboxylic acids is 1. The van der Waals surface area contributed by atoms with Gasteiger partial charge in [-0.05, 0) is 65.3 Å². The number of carbonyl (C=O) groups is 1. The minimum atomic E-state index is -0.802. The predicted octanol–water partition coefficient (Wildman–Crippen LogP) is 6.58. The molecule has 2 saturated heterocycles. The van der Waals surface area contributed by atoms with Crippen LogP contribution in [0.5, 0.6) is 11.8 Å². The molecule has 2 N–H and O–H groups in total. The lowest BCUT2D eigenvalue weighted by atomic mass is 9.96. The molecule has 4 aromatic rings. The van der Waals surface area contributed by atoms with E-state index in [2.05, 4.69) is 9.88 Å². The minimum absolute atomic E-state index is 0.0175. The van der Waals surface area contributed by atoms with E-state index >= 15 is 8.78 Å². The highest BCUT2D eigenvalue weighted by molar-refractivity contribution is 7.23. The van der Waals surface area contributed by atoms with E-state index in [1.807, 2.05) is 24.9 Å². The third-order valence-corrected chi connectivity index (χ3v) is 11.0. The molecule has 3 aliphatic rings. The lowest BCUT2D eigenvalue weighted by Gasteiger charge is -2.30. The van der Waals surface area contributed by atoms with Crippen molar-refractivity contribution in [3.8, 4) is 29.0 Å². The van der Waals surface area contributed by atoms with Gasteiger partial charge in [-0.1, -0.05) is 17.7 Å². The molecule has 0 spiro atoms. The van der Waals surface area contributed by atoms with Gasteiger partial charge in [0.15, 0.2) is 11.6 Å².